The van der Waals surface area contributed by atoms with Crippen LogP contribution in [0.5, 0.6) is 0 Å². The molecule has 0 saturated carbocycles. The van der Waals surface area contributed by atoms with Crippen LogP contribution in [0, 0.1) is 13.8 Å². The van der Waals surface area contributed by atoms with Crippen LogP contribution in [-0.4, -0.2) is 27.5 Å². The highest BCUT2D eigenvalue weighted by Crippen LogP contribution is 2.18. The van der Waals surface area contributed by atoms with Crippen LogP contribution in [0.1, 0.15) is 32.7 Å². The maximum atomic E-state index is 12.2. The van der Waals surface area contributed by atoms with Crippen molar-refractivity contribution in [2.45, 2.75) is 20.0 Å². The number of carbonyl (C=O) groups is 1. The van der Waals surface area contributed by atoms with E-state index in [2.05, 4.69) is 15.3 Å². The van der Waals surface area contributed by atoms with Gasteiger partial charge in [0.05, 0.1) is 22.4 Å². The van der Waals surface area contributed by atoms with E-state index < -0.39 is 6.10 Å². The van der Waals surface area contributed by atoms with Gasteiger partial charge in [-0.1, -0.05) is 6.07 Å². The van der Waals surface area contributed by atoms with E-state index in [9.17, 15) is 9.90 Å². The van der Waals surface area contributed by atoms with Crippen LogP contribution >= 0.6 is 11.3 Å². The summed E-state index contributed by atoms with van der Waals surface area (Å²) in [7, 11) is 0. The molecule has 118 valence electrons. The standard InChI is InChI=1S/C17H17N3O2S/c1-10-11(2)20-14-8-12(5-6-13(14)19-10)17(22)18-9-15(21)16-4-3-7-23-16/h3-8,15,21H,9H2,1-2H3,(H,18,22). The summed E-state index contributed by atoms with van der Waals surface area (Å²) in [5, 5.41) is 14.7. The predicted molar refractivity (Wildman–Crippen MR) is 90.6 cm³/mol. The van der Waals surface area contributed by atoms with Crippen molar-refractivity contribution >= 4 is 28.3 Å². The van der Waals surface area contributed by atoms with Gasteiger partial charge in [0.15, 0.2) is 0 Å². The van der Waals surface area contributed by atoms with Gasteiger partial charge in [-0.2, -0.15) is 0 Å². The van der Waals surface area contributed by atoms with E-state index in [0.717, 1.165) is 21.8 Å². The Balaban J connectivity index is 1.74. The SMILES string of the molecule is Cc1nc2ccc(C(=O)NCC(O)c3cccs3)cc2nc1C. The average Bonchev–Trinajstić information content (AvgIpc) is 3.07. The molecule has 0 bridgehead atoms. The first-order valence-corrected chi connectivity index (χ1v) is 8.17. The molecular formula is C17H17N3O2S. The Morgan fingerprint density at radius 3 is 2.65 bits per heavy atom. The monoisotopic (exact) mass is 327 g/mol. The summed E-state index contributed by atoms with van der Waals surface area (Å²) in [4.78, 5) is 22.0. The van der Waals surface area contributed by atoms with Crippen LogP contribution in [0.15, 0.2) is 35.7 Å². The molecule has 1 amide bonds. The number of nitrogens with one attached hydrogen (secondary N) is 1. The number of thiophene rings is 1. The van der Waals surface area contributed by atoms with Crippen LogP contribution in [0.4, 0.5) is 0 Å². The number of amides is 1. The number of aliphatic hydroxyl groups excluding tert-OH is 1. The van der Waals surface area contributed by atoms with E-state index in [4.69, 9.17) is 0 Å². The van der Waals surface area contributed by atoms with Gasteiger partial charge < -0.3 is 10.4 Å². The molecule has 2 heterocycles. The minimum Gasteiger partial charge on any atom is -0.386 e. The van der Waals surface area contributed by atoms with E-state index in [1.54, 1.807) is 18.2 Å². The van der Waals surface area contributed by atoms with Crippen molar-refractivity contribution in [1.29, 1.82) is 0 Å². The molecule has 2 aromatic heterocycles. The lowest BCUT2D eigenvalue weighted by Gasteiger charge is -2.10. The number of aliphatic hydroxyl groups is 1. The zero-order chi connectivity index (χ0) is 16.4. The Bertz CT molecular complexity index is 846. The van der Waals surface area contributed by atoms with Crippen molar-refractivity contribution in [3.05, 3.63) is 57.5 Å². The molecule has 0 aliphatic heterocycles. The second-order valence-corrected chi connectivity index (χ2v) is 6.32. The van der Waals surface area contributed by atoms with Crippen LogP contribution in [0.2, 0.25) is 0 Å². The smallest absolute Gasteiger partial charge is 0.251 e. The lowest BCUT2D eigenvalue weighted by Crippen LogP contribution is -2.28. The molecule has 3 rings (SSSR count). The highest BCUT2D eigenvalue weighted by molar-refractivity contribution is 7.10. The van der Waals surface area contributed by atoms with Gasteiger partial charge in [-0.3, -0.25) is 4.79 Å². The quantitative estimate of drug-likeness (QED) is 0.772. The van der Waals surface area contributed by atoms with Crippen LogP contribution in [0.25, 0.3) is 11.0 Å². The molecule has 6 heteroatoms. The third kappa shape index (κ3) is 3.38. The van der Waals surface area contributed by atoms with Crippen molar-refractivity contribution in [1.82, 2.24) is 15.3 Å². The van der Waals surface area contributed by atoms with E-state index in [-0.39, 0.29) is 12.5 Å². The van der Waals surface area contributed by atoms with E-state index in [1.165, 1.54) is 11.3 Å². The number of aromatic nitrogens is 2. The lowest BCUT2D eigenvalue weighted by molar-refractivity contribution is 0.0918. The topological polar surface area (TPSA) is 75.1 Å². The van der Waals surface area contributed by atoms with Crippen LogP contribution in [-0.2, 0) is 0 Å². The molecule has 1 aromatic carbocycles. The Kier molecular flexibility index (Phi) is 4.36. The summed E-state index contributed by atoms with van der Waals surface area (Å²) in [5.41, 5.74) is 3.70. The van der Waals surface area contributed by atoms with Gasteiger partial charge in [0, 0.05) is 17.0 Å². The molecule has 0 saturated heterocycles. The van der Waals surface area contributed by atoms with Crippen molar-refractivity contribution in [2.75, 3.05) is 6.54 Å². The third-order valence-corrected chi connectivity index (χ3v) is 4.64. The molecule has 2 N–H and O–H groups in total. The van der Waals surface area contributed by atoms with Gasteiger partial charge in [-0.25, -0.2) is 9.97 Å². The Labute approximate surface area is 138 Å². The molecule has 1 unspecified atom stereocenters. The van der Waals surface area contributed by atoms with E-state index in [0.29, 0.717) is 11.1 Å². The number of rotatable bonds is 4. The number of hydrogen-bond acceptors (Lipinski definition) is 5. The first-order valence-electron chi connectivity index (χ1n) is 7.29. The van der Waals surface area contributed by atoms with Crippen molar-refractivity contribution in [3.63, 3.8) is 0 Å². The second kappa shape index (κ2) is 6.44. The highest BCUT2D eigenvalue weighted by Gasteiger charge is 2.12. The highest BCUT2D eigenvalue weighted by atomic mass is 32.1. The van der Waals surface area contributed by atoms with Crippen molar-refractivity contribution in [2.24, 2.45) is 0 Å². The van der Waals surface area contributed by atoms with Gasteiger partial charge in [-0.05, 0) is 43.5 Å². The summed E-state index contributed by atoms with van der Waals surface area (Å²) in [6, 6.07) is 8.95. The fourth-order valence-electron chi connectivity index (χ4n) is 2.24. The van der Waals surface area contributed by atoms with Crippen LogP contribution in [0.3, 0.4) is 0 Å². The normalized spacial score (nSPS) is 12.3. The Morgan fingerprint density at radius 1 is 1.22 bits per heavy atom. The number of hydrogen-bond donors (Lipinski definition) is 2. The molecule has 0 radical (unpaired) electrons. The van der Waals surface area contributed by atoms with Crippen molar-refractivity contribution in [3.8, 4) is 0 Å². The van der Waals surface area contributed by atoms with E-state index >= 15 is 0 Å². The summed E-state index contributed by atoms with van der Waals surface area (Å²) in [6.45, 7) is 3.98. The number of benzene rings is 1. The fraction of sp³-hybridized carbons (Fsp3) is 0.235. The first kappa shape index (κ1) is 15.6. The van der Waals surface area contributed by atoms with Gasteiger partial charge in [0.1, 0.15) is 6.10 Å². The third-order valence-electron chi connectivity index (χ3n) is 3.67. The fourth-order valence-corrected chi connectivity index (χ4v) is 2.96. The van der Waals surface area contributed by atoms with Gasteiger partial charge in [0.2, 0.25) is 0 Å². The molecule has 0 fully saturated rings. The van der Waals surface area contributed by atoms with Gasteiger partial charge >= 0.3 is 0 Å². The number of fused-ring (bicyclic) bond motifs is 1. The van der Waals surface area contributed by atoms with Crippen LogP contribution < -0.4 is 5.32 Å². The molecular weight excluding hydrogens is 310 g/mol. The minimum atomic E-state index is -0.691. The predicted octanol–water partition coefficient (Wildman–Crippen LogP) is 2.77. The van der Waals surface area contributed by atoms with Gasteiger partial charge in [-0.15, -0.1) is 11.3 Å². The largest absolute Gasteiger partial charge is 0.386 e. The zero-order valence-corrected chi connectivity index (χ0v) is 13.7. The zero-order valence-electron chi connectivity index (χ0n) is 12.9. The summed E-state index contributed by atoms with van der Waals surface area (Å²) in [5.74, 6) is -0.234. The molecule has 1 atom stereocenters. The maximum Gasteiger partial charge on any atom is 0.251 e. The van der Waals surface area contributed by atoms with E-state index in [1.807, 2.05) is 31.4 Å². The maximum absolute atomic E-state index is 12.2. The van der Waals surface area contributed by atoms with Crippen molar-refractivity contribution < 1.29 is 9.90 Å². The lowest BCUT2D eigenvalue weighted by atomic mass is 10.1. The van der Waals surface area contributed by atoms with Gasteiger partial charge in [0.25, 0.3) is 5.91 Å². The molecule has 0 spiro atoms. The Hall–Kier alpha value is -2.31. The summed E-state index contributed by atoms with van der Waals surface area (Å²) < 4.78 is 0. The second-order valence-electron chi connectivity index (χ2n) is 5.34. The number of aryl methyl sites for hydroxylation is 2. The molecule has 0 aliphatic carbocycles. The molecule has 0 aliphatic rings. The number of nitrogens with zero attached hydrogens (tertiary/aromatic N) is 2. The average molecular weight is 327 g/mol. The first-order chi connectivity index (χ1) is 11.0. The molecule has 23 heavy (non-hydrogen) atoms. The Morgan fingerprint density at radius 2 is 1.96 bits per heavy atom. The summed E-state index contributed by atoms with van der Waals surface area (Å²) in [6.07, 6.45) is -0.691. The summed E-state index contributed by atoms with van der Waals surface area (Å²) >= 11 is 1.46. The number of carbonyl (C=O) groups excluding carboxylic acids is 1. The minimum absolute atomic E-state index is 0.177. The molecule has 5 nitrogen and oxygen atoms in total. The molecule has 3 aromatic rings.